The highest BCUT2D eigenvalue weighted by atomic mass is 32.2. The molecule has 1 N–H and O–H groups in total. The highest BCUT2D eigenvalue weighted by Gasteiger charge is 2.29. The molecule has 1 aromatic heterocycles. The number of carbonyl (C=O) groups is 1. The van der Waals surface area contributed by atoms with Gasteiger partial charge in [0.05, 0.1) is 23.7 Å². The van der Waals surface area contributed by atoms with Gasteiger partial charge in [0, 0.05) is 17.0 Å². The molecule has 2 heterocycles. The van der Waals surface area contributed by atoms with Crippen LogP contribution in [-0.2, 0) is 16.4 Å². The molecule has 30 heavy (non-hydrogen) atoms. The van der Waals surface area contributed by atoms with Gasteiger partial charge in [-0.1, -0.05) is 18.2 Å². The molecular weight excluding hydrogens is 420 g/mol. The molecule has 3 aromatic rings. The van der Waals surface area contributed by atoms with Gasteiger partial charge in [-0.2, -0.15) is 0 Å². The molecule has 0 aliphatic carbocycles. The third-order valence-electron chi connectivity index (χ3n) is 5.28. The van der Waals surface area contributed by atoms with E-state index in [1.807, 2.05) is 12.3 Å². The summed E-state index contributed by atoms with van der Waals surface area (Å²) < 4.78 is 33.6. The number of thiophene rings is 1. The van der Waals surface area contributed by atoms with Gasteiger partial charge < -0.3 is 9.64 Å². The molecule has 0 bridgehead atoms. The van der Waals surface area contributed by atoms with Crippen molar-refractivity contribution in [1.82, 2.24) is 4.90 Å². The molecule has 0 saturated heterocycles. The SMILES string of the molecule is COc1ccccc1NS(=O)(=O)c1cccc(C(=O)N2CCc3sccc3[C@H]2C)c1. The zero-order valence-electron chi connectivity index (χ0n) is 16.7. The van der Waals surface area contributed by atoms with E-state index in [1.54, 1.807) is 52.6 Å². The van der Waals surface area contributed by atoms with E-state index in [4.69, 9.17) is 4.74 Å². The standard InChI is InChI=1S/C22H22N2O4S2/c1-15-18-11-13-29-21(18)10-12-24(15)22(25)16-6-5-7-17(14-16)30(26,27)23-19-8-3-4-9-20(19)28-2/h3-9,11,13-15,23H,10,12H2,1-2H3/t15-/m1/s1. The largest absolute Gasteiger partial charge is 0.495 e. The number of methoxy groups -OCH3 is 1. The topological polar surface area (TPSA) is 75.7 Å². The average molecular weight is 443 g/mol. The van der Waals surface area contributed by atoms with Gasteiger partial charge in [-0.15, -0.1) is 11.3 Å². The van der Waals surface area contributed by atoms with Gasteiger partial charge >= 0.3 is 0 Å². The van der Waals surface area contributed by atoms with E-state index >= 15 is 0 Å². The molecule has 6 nitrogen and oxygen atoms in total. The number of benzene rings is 2. The maximum atomic E-state index is 13.2. The quantitative estimate of drug-likeness (QED) is 0.639. The number of hydrogen-bond acceptors (Lipinski definition) is 5. The maximum absolute atomic E-state index is 13.2. The Hall–Kier alpha value is -2.84. The predicted molar refractivity (Wildman–Crippen MR) is 118 cm³/mol. The highest BCUT2D eigenvalue weighted by Crippen LogP contribution is 2.34. The number of hydrogen-bond donors (Lipinski definition) is 1. The van der Waals surface area contributed by atoms with Gasteiger partial charge in [-0.05, 0) is 60.7 Å². The highest BCUT2D eigenvalue weighted by molar-refractivity contribution is 7.92. The molecule has 156 valence electrons. The first kappa shape index (κ1) is 20.4. The molecule has 1 aliphatic rings. The molecule has 1 atom stereocenters. The van der Waals surface area contributed by atoms with Crippen LogP contribution in [0.2, 0.25) is 0 Å². The first-order valence-electron chi connectivity index (χ1n) is 9.54. The van der Waals surface area contributed by atoms with E-state index in [-0.39, 0.29) is 16.8 Å². The number of rotatable bonds is 5. The number of anilines is 1. The molecule has 0 radical (unpaired) electrons. The molecule has 2 aromatic carbocycles. The molecular formula is C22H22N2O4S2. The third kappa shape index (κ3) is 3.80. The summed E-state index contributed by atoms with van der Waals surface area (Å²) in [6, 6.07) is 14.9. The van der Waals surface area contributed by atoms with Crippen molar-refractivity contribution in [3.05, 3.63) is 76.0 Å². The Bertz CT molecular complexity index is 1190. The second kappa shape index (κ2) is 8.12. The van der Waals surface area contributed by atoms with Crippen LogP contribution in [0, 0.1) is 0 Å². The van der Waals surface area contributed by atoms with E-state index < -0.39 is 10.0 Å². The summed E-state index contributed by atoms with van der Waals surface area (Å²) in [6.45, 7) is 2.62. The summed E-state index contributed by atoms with van der Waals surface area (Å²) in [5.41, 5.74) is 1.86. The zero-order chi connectivity index (χ0) is 21.3. The van der Waals surface area contributed by atoms with E-state index in [9.17, 15) is 13.2 Å². The summed E-state index contributed by atoms with van der Waals surface area (Å²) >= 11 is 1.71. The summed E-state index contributed by atoms with van der Waals surface area (Å²) in [4.78, 5) is 16.3. The van der Waals surface area contributed by atoms with Crippen molar-refractivity contribution in [3.63, 3.8) is 0 Å². The number of nitrogens with one attached hydrogen (secondary N) is 1. The van der Waals surface area contributed by atoms with Crippen molar-refractivity contribution in [1.29, 1.82) is 0 Å². The van der Waals surface area contributed by atoms with Crippen LogP contribution < -0.4 is 9.46 Å². The zero-order valence-corrected chi connectivity index (χ0v) is 18.3. The van der Waals surface area contributed by atoms with Crippen molar-refractivity contribution in [2.75, 3.05) is 18.4 Å². The Balaban J connectivity index is 1.60. The smallest absolute Gasteiger partial charge is 0.262 e. The lowest BCUT2D eigenvalue weighted by Crippen LogP contribution is -2.38. The first-order valence-corrected chi connectivity index (χ1v) is 11.9. The molecule has 1 aliphatic heterocycles. The van der Waals surface area contributed by atoms with Gasteiger partial charge in [0.1, 0.15) is 5.75 Å². The van der Waals surface area contributed by atoms with Crippen molar-refractivity contribution in [2.24, 2.45) is 0 Å². The van der Waals surface area contributed by atoms with Crippen LogP contribution >= 0.6 is 11.3 Å². The Labute approximate surface area is 180 Å². The number of nitrogens with zero attached hydrogens (tertiary/aromatic N) is 1. The molecule has 8 heteroatoms. The van der Waals surface area contributed by atoms with Crippen LogP contribution in [0.1, 0.15) is 33.8 Å². The van der Waals surface area contributed by atoms with Crippen molar-refractivity contribution in [3.8, 4) is 5.75 Å². The molecule has 0 unspecified atom stereocenters. The molecule has 0 fully saturated rings. The van der Waals surface area contributed by atoms with Crippen LogP contribution in [0.5, 0.6) is 5.75 Å². The Morgan fingerprint density at radius 3 is 2.77 bits per heavy atom. The molecule has 0 saturated carbocycles. The third-order valence-corrected chi connectivity index (χ3v) is 7.64. The fourth-order valence-electron chi connectivity index (χ4n) is 3.68. The van der Waals surface area contributed by atoms with E-state index in [0.29, 0.717) is 23.5 Å². The fraction of sp³-hybridized carbons (Fsp3) is 0.227. The lowest BCUT2D eigenvalue weighted by molar-refractivity contribution is 0.0679. The van der Waals surface area contributed by atoms with Crippen LogP contribution in [-0.4, -0.2) is 32.9 Å². The Morgan fingerprint density at radius 1 is 1.17 bits per heavy atom. The van der Waals surface area contributed by atoms with Gasteiger partial charge in [0.15, 0.2) is 0 Å². The summed E-state index contributed by atoms with van der Waals surface area (Å²) in [7, 11) is -2.41. The fourth-order valence-corrected chi connectivity index (χ4v) is 5.76. The second-order valence-corrected chi connectivity index (χ2v) is 9.74. The Morgan fingerprint density at radius 2 is 1.97 bits per heavy atom. The average Bonchev–Trinajstić information content (AvgIpc) is 3.24. The van der Waals surface area contributed by atoms with Crippen LogP contribution in [0.15, 0.2) is 64.9 Å². The van der Waals surface area contributed by atoms with Crippen molar-refractivity contribution in [2.45, 2.75) is 24.3 Å². The van der Waals surface area contributed by atoms with Crippen LogP contribution in [0.25, 0.3) is 0 Å². The lowest BCUT2D eigenvalue weighted by Gasteiger charge is -2.33. The Kier molecular flexibility index (Phi) is 5.53. The number of amides is 1. The lowest BCUT2D eigenvalue weighted by atomic mass is 10.0. The summed E-state index contributed by atoms with van der Waals surface area (Å²) in [6.07, 6.45) is 0.816. The molecule has 0 spiro atoms. The van der Waals surface area contributed by atoms with Gasteiger partial charge in [-0.25, -0.2) is 8.42 Å². The summed E-state index contributed by atoms with van der Waals surface area (Å²) in [5.74, 6) is 0.246. The minimum atomic E-state index is -3.88. The number of carbonyl (C=O) groups excluding carboxylic acids is 1. The van der Waals surface area contributed by atoms with E-state index in [1.165, 1.54) is 29.7 Å². The first-order chi connectivity index (χ1) is 14.4. The predicted octanol–water partition coefficient (Wildman–Crippen LogP) is 4.32. The van der Waals surface area contributed by atoms with Crippen LogP contribution in [0.4, 0.5) is 5.69 Å². The molecule has 4 rings (SSSR count). The number of fused-ring (bicyclic) bond motifs is 1. The molecule has 1 amide bonds. The number of sulfonamides is 1. The van der Waals surface area contributed by atoms with Crippen molar-refractivity contribution >= 4 is 33.0 Å². The van der Waals surface area contributed by atoms with E-state index in [0.717, 1.165) is 6.42 Å². The van der Waals surface area contributed by atoms with Crippen molar-refractivity contribution < 1.29 is 17.9 Å². The summed E-state index contributed by atoms with van der Waals surface area (Å²) in [5, 5.41) is 2.05. The number of ether oxygens (including phenoxy) is 1. The van der Waals surface area contributed by atoms with Gasteiger partial charge in [0.2, 0.25) is 0 Å². The van der Waals surface area contributed by atoms with Crippen LogP contribution in [0.3, 0.4) is 0 Å². The van der Waals surface area contributed by atoms with Gasteiger partial charge in [0.25, 0.3) is 15.9 Å². The maximum Gasteiger partial charge on any atom is 0.262 e. The van der Waals surface area contributed by atoms with E-state index in [2.05, 4.69) is 10.8 Å². The normalized spacial score (nSPS) is 16.1. The minimum absolute atomic E-state index is 0.0279. The number of para-hydroxylation sites is 2. The second-order valence-electron chi connectivity index (χ2n) is 7.06. The van der Waals surface area contributed by atoms with Gasteiger partial charge in [-0.3, -0.25) is 9.52 Å². The monoisotopic (exact) mass is 442 g/mol. The minimum Gasteiger partial charge on any atom is -0.495 e.